The second-order valence-electron chi connectivity index (χ2n) is 4.42. The van der Waals surface area contributed by atoms with Gasteiger partial charge in [-0.15, -0.1) is 10.2 Å². The number of amides is 2. The van der Waals surface area contributed by atoms with Crippen molar-refractivity contribution >= 4 is 11.7 Å². The van der Waals surface area contributed by atoms with Gasteiger partial charge in [0.2, 0.25) is 0 Å². The average molecular weight is 259 g/mol. The predicted octanol–water partition coefficient (Wildman–Crippen LogP) is 2.18. The van der Waals surface area contributed by atoms with Crippen LogP contribution in [0.3, 0.4) is 0 Å². The van der Waals surface area contributed by atoms with Crippen molar-refractivity contribution < 1.29 is 4.79 Å². The van der Waals surface area contributed by atoms with Crippen LogP contribution in [-0.2, 0) is 6.54 Å². The van der Waals surface area contributed by atoms with Gasteiger partial charge in [-0.2, -0.15) is 0 Å². The number of anilines is 1. The molecule has 0 saturated carbocycles. The van der Waals surface area contributed by atoms with Crippen LogP contribution in [0.2, 0.25) is 0 Å². The standard InChI is InChI=1S/C13H17N5O/c1-10(2)18-9-15-17-12(18)8-14-13(19)16-11-6-4-3-5-7-11/h3-7,9-10H,8H2,1-2H3,(H2,14,16,19). The van der Waals surface area contributed by atoms with Gasteiger partial charge >= 0.3 is 6.03 Å². The number of rotatable bonds is 4. The van der Waals surface area contributed by atoms with Crippen molar-refractivity contribution in [1.29, 1.82) is 0 Å². The Labute approximate surface area is 111 Å². The molecule has 0 saturated heterocycles. The summed E-state index contributed by atoms with van der Waals surface area (Å²) in [5.41, 5.74) is 0.755. The van der Waals surface area contributed by atoms with Gasteiger partial charge in [0, 0.05) is 11.7 Å². The molecule has 1 heterocycles. The number of benzene rings is 1. The molecule has 0 spiro atoms. The maximum absolute atomic E-state index is 11.7. The van der Waals surface area contributed by atoms with Crippen LogP contribution >= 0.6 is 0 Å². The molecule has 2 aromatic rings. The van der Waals surface area contributed by atoms with Gasteiger partial charge in [0.1, 0.15) is 6.33 Å². The second-order valence-corrected chi connectivity index (χ2v) is 4.42. The van der Waals surface area contributed by atoms with E-state index in [1.165, 1.54) is 0 Å². The number of hydrogen-bond acceptors (Lipinski definition) is 3. The van der Waals surface area contributed by atoms with E-state index in [0.29, 0.717) is 6.54 Å². The molecular formula is C13H17N5O. The number of aromatic nitrogens is 3. The summed E-state index contributed by atoms with van der Waals surface area (Å²) in [6.07, 6.45) is 1.66. The number of carbonyl (C=O) groups is 1. The Kier molecular flexibility index (Phi) is 4.12. The molecule has 0 fully saturated rings. The van der Waals surface area contributed by atoms with Crippen LogP contribution in [0.1, 0.15) is 25.7 Å². The van der Waals surface area contributed by atoms with Gasteiger partial charge in [0.25, 0.3) is 0 Å². The van der Waals surface area contributed by atoms with E-state index in [0.717, 1.165) is 11.5 Å². The molecule has 0 atom stereocenters. The van der Waals surface area contributed by atoms with Gasteiger partial charge < -0.3 is 15.2 Å². The minimum absolute atomic E-state index is 0.260. The number of hydrogen-bond donors (Lipinski definition) is 2. The van der Waals surface area contributed by atoms with Crippen molar-refractivity contribution in [3.63, 3.8) is 0 Å². The molecule has 0 aliphatic rings. The fourth-order valence-electron chi connectivity index (χ4n) is 1.68. The number of nitrogens with one attached hydrogen (secondary N) is 2. The van der Waals surface area contributed by atoms with Crippen molar-refractivity contribution in [2.45, 2.75) is 26.4 Å². The van der Waals surface area contributed by atoms with Crippen LogP contribution < -0.4 is 10.6 Å². The summed E-state index contributed by atoms with van der Waals surface area (Å²) >= 11 is 0. The zero-order chi connectivity index (χ0) is 13.7. The lowest BCUT2D eigenvalue weighted by atomic mass is 10.3. The zero-order valence-electron chi connectivity index (χ0n) is 11.0. The number of urea groups is 1. The third kappa shape index (κ3) is 3.54. The fourth-order valence-corrected chi connectivity index (χ4v) is 1.68. The zero-order valence-corrected chi connectivity index (χ0v) is 11.0. The summed E-state index contributed by atoms with van der Waals surface area (Å²) in [7, 11) is 0. The molecule has 6 nitrogen and oxygen atoms in total. The SMILES string of the molecule is CC(C)n1cnnc1CNC(=O)Nc1ccccc1. The van der Waals surface area contributed by atoms with E-state index in [1.54, 1.807) is 6.33 Å². The van der Waals surface area contributed by atoms with Gasteiger partial charge in [-0.1, -0.05) is 18.2 Å². The molecule has 0 radical (unpaired) electrons. The Bertz CT molecular complexity index is 535. The monoisotopic (exact) mass is 259 g/mol. The Morgan fingerprint density at radius 3 is 2.74 bits per heavy atom. The van der Waals surface area contributed by atoms with Crippen LogP contribution in [0, 0.1) is 0 Å². The Morgan fingerprint density at radius 1 is 1.32 bits per heavy atom. The molecule has 2 amide bonds. The maximum atomic E-state index is 11.7. The molecule has 0 bridgehead atoms. The fraction of sp³-hybridized carbons (Fsp3) is 0.308. The third-order valence-corrected chi connectivity index (χ3v) is 2.64. The smallest absolute Gasteiger partial charge is 0.319 e. The predicted molar refractivity (Wildman–Crippen MR) is 72.7 cm³/mol. The summed E-state index contributed by atoms with van der Waals surface area (Å²) in [6, 6.07) is 9.30. The van der Waals surface area contributed by atoms with E-state index in [1.807, 2.05) is 48.7 Å². The Hall–Kier alpha value is -2.37. The highest BCUT2D eigenvalue weighted by Crippen LogP contribution is 2.07. The molecule has 1 aromatic carbocycles. The van der Waals surface area contributed by atoms with Crippen LogP contribution in [-0.4, -0.2) is 20.8 Å². The molecule has 100 valence electrons. The first-order chi connectivity index (χ1) is 9.16. The van der Waals surface area contributed by atoms with E-state index in [4.69, 9.17) is 0 Å². The highest BCUT2D eigenvalue weighted by Gasteiger charge is 2.08. The number of para-hydroxylation sites is 1. The molecule has 0 aliphatic heterocycles. The second kappa shape index (κ2) is 5.99. The first-order valence-electron chi connectivity index (χ1n) is 6.15. The van der Waals surface area contributed by atoms with Crippen LogP contribution in [0.15, 0.2) is 36.7 Å². The van der Waals surface area contributed by atoms with E-state index in [2.05, 4.69) is 20.8 Å². The van der Waals surface area contributed by atoms with Crippen LogP contribution in [0.5, 0.6) is 0 Å². The summed E-state index contributed by atoms with van der Waals surface area (Å²) in [6.45, 7) is 4.42. The lowest BCUT2D eigenvalue weighted by Gasteiger charge is -2.11. The summed E-state index contributed by atoms with van der Waals surface area (Å²) < 4.78 is 1.92. The van der Waals surface area contributed by atoms with E-state index in [9.17, 15) is 4.79 Å². The van der Waals surface area contributed by atoms with Gasteiger partial charge in [0.05, 0.1) is 6.54 Å². The molecular weight excluding hydrogens is 242 g/mol. The van der Waals surface area contributed by atoms with Crippen LogP contribution in [0.4, 0.5) is 10.5 Å². The normalized spacial score (nSPS) is 10.5. The Morgan fingerprint density at radius 2 is 2.05 bits per heavy atom. The topological polar surface area (TPSA) is 71.8 Å². The largest absolute Gasteiger partial charge is 0.331 e. The minimum Gasteiger partial charge on any atom is -0.331 e. The summed E-state index contributed by atoms with van der Waals surface area (Å²) in [4.78, 5) is 11.7. The van der Waals surface area contributed by atoms with Crippen molar-refractivity contribution in [2.75, 3.05) is 5.32 Å². The lowest BCUT2D eigenvalue weighted by molar-refractivity contribution is 0.251. The third-order valence-electron chi connectivity index (χ3n) is 2.64. The van der Waals surface area contributed by atoms with E-state index in [-0.39, 0.29) is 12.1 Å². The first kappa shape index (κ1) is 13.1. The molecule has 2 N–H and O–H groups in total. The van der Waals surface area contributed by atoms with E-state index >= 15 is 0 Å². The van der Waals surface area contributed by atoms with Crippen LogP contribution in [0.25, 0.3) is 0 Å². The Balaban J connectivity index is 1.88. The molecule has 6 heteroatoms. The quantitative estimate of drug-likeness (QED) is 0.884. The average Bonchev–Trinajstić information content (AvgIpc) is 2.86. The van der Waals surface area contributed by atoms with Crippen molar-refractivity contribution in [2.24, 2.45) is 0 Å². The first-order valence-corrected chi connectivity index (χ1v) is 6.15. The highest BCUT2D eigenvalue weighted by molar-refractivity contribution is 5.89. The maximum Gasteiger partial charge on any atom is 0.319 e. The minimum atomic E-state index is -0.260. The lowest BCUT2D eigenvalue weighted by Crippen LogP contribution is -2.29. The van der Waals surface area contributed by atoms with Gasteiger partial charge in [-0.3, -0.25) is 0 Å². The van der Waals surface area contributed by atoms with Gasteiger partial charge in [0.15, 0.2) is 5.82 Å². The van der Waals surface area contributed by atoms with E-state index < -0.39 is 0 Å². The van der Waals surface area contributed by atoms with Gasteiger partial charge in [-0.25, -0.2) is 4.79 Å². The van der Waals surface area contributed by atoms with Crippen molar-refractivity contribution in [1.82, 2.24) is 20.1 Å². The number of carbonyl (C=O) groups excluding carboxylic acids is 1. The molecule has 2 rings (SSSR count). The summed E-state index contributed by atoms with van der Waals surface area (Å²) in [5.74, 6) is 0.734. The highest BCUT2D eigenvalue weighted by atomic mass is 16.2. The summed E-state index contributed by atoms with van der Waals surface area (Å²) in [5, 5.41) is 13.3. The van der Waals surface area contributed by atoms with Gasteiger partial charge in [-0.05, 0) is 26.0 Å². The van der Waals surface area contributed by atoms with Crippen molar-refractivity contribution in [3.05, 3.63) is 42.5 Å². The molecule has 0 aliphatic carbocycles. The molecule has 19 heavy (non-hydrogen) atoms. The molecule has 0 unspecified atom stereocenters. The number of nitrogens with zero attached hydrogens (tertiary/aromatic N) is 3. The molecule has 1 aromatic heterocycles. The van der Waals surface area contributed by atoms with Crippen molar-refractivity contribution in [3.8, 4) is 0 Å².